The van der Waals surface area contributed by atoms with Crippen molar-refractivity contribution in [2.75, 3.05) is 0 Å². The molecule has 7 nitrogen and oxygen atoms in total. The van der Waals surface area contributed by atoms with Gasteiger partial charge >= 0.3 is 12.1 Å². The molecule has 7 heteroatoms. The van der Waals surface area contributed by atoms with Crippen LogP contribution in [0, 0.1) is 0 Å². The third-order valence-corrected chi connectivity index (χ3v) is 3.57. The van der Waals surface area contributed by atoms with E-state index in [4.69, 9.17) is 9.47 Å². The van der Waals surface area contributed by atoms with Crippen LogP contribution in [0.3, 0.4) is 0 Å². The highest BCUT2D eigenvalue weighted by Crippen LogP contribution is 2.20. The molecule has 0 atom stereocenters. The van der Waals surface area contributed by atoms with Crippen LogP contribution in [-0.2, 0) is 22.6 Å². The zero-order chi connectivity index (χ0) is 20.4. The van der Waals surface area contributed by atoms with Crippen molar-refractivity contribution in [1.29, 1.82) is 0 Å². The van der Waals surface area contributed by atoms with Crippen molar-refractivity contribution in [1.82, 2.24) is 14.9 Å². The lowest BCUT2D eigenvalue weighted by Crippen LogP contribution is -2.32. The smallest absolute Gasteiger partial charge is 0.408 e. The number of hydrogen-bond acceptors (Lipinski definition) is 5. The molecule has 27 heavy (non-hydrogen) atoms. The summed E-state index contributed by atoms with van der Waals surface area (Å²) < 4.78 is 12.7. The molecule has 0 aliphatic heterocycles. The number of alkyl carbamates (subject to hydrolysis) is 1. The Labute approximate surface area is 160 Å². The molecular formula is C20H29N3O4. The van der Waals surface area contributed by atoms with Gasteiger partial charge in [-0.2, -0.15) is 0 Å². The molecule has 0 fully saturated rings. The molecule has 0 unspecified atom stereocenters. The predicted octanol–water partition coefficient (Wildman–Crippen LogP) is 4.04. The summed E-state index contributed by atoms with van der Waals surface area (Å²) in [4.78, 5) is 28.8. The fourth-order valence-corrected chi connectivity index (χ4v) is 2.59. The number of aromatic nitrogens is 2. The van der Waals surface area contributed by atoms with E-state index in [1.54, 1.807) is 18.2 Å². The zero-order valence-corrected chi connectivity index (χ0v) is 17.2. The summed E-state index contributed by atoms with van der Waals surface area (Å²) in [5, 5.41) is 2.72. The maximum atomic E-state index is 12.3. The van der Waals surface area contributed by atoms with Gasteiger partial charge < -0.3 is 19.4 Å². The standard InChI is InChI=1S/C20H29N3O4/c1-8-23-15-11-13(17(24)26-19(2,3)4)9-10-14(15)22-16(23)12-21-18(25)27-20(5,6)7/h9-11H,8,12H2,1-7H3,(H,21,25). The van der Waals surface area contributed by atoms with Gasteiger partial charge in [-0.1, -0.05) is 0 Å². The Morgan fingerprint density at radius 1 is 1.07 bits per heavy atom. The van der Waals surface area contributed by atoms with E-state index in [0.29, 0.717) is 17.9 Å². The SMILES string of the molecule is CCn1c(CNC(=O)OC(C)(C)C)nc2ccc(C(=O)OC(C)(C)C)cc21. The number of imidazole rings is 1. The maximum absolute atomic E-state index is 12.3. The van der Waals surface area contributed by atoms with Crippen LogP contribution >= 0.6 is 0 Å². The molecule has 2 aromatic rings. The molecule has 1 heterocycles. The molecule has 148 valence electrons. The van der Waals surface area contributed by atoms with Gasteiger partial charge in [0.1, 0.15) is 17.0 Å². The number of carbonyl (C=O) groups is 2. The van der Waals surface area contributed by atoms with Gasteiger partial charge in [-0.25, -0.2) is 14.6 Å². The Bertz CT molecular complexity index is 841. The van der Waals surface area contributed by atoms with Crippen molar-refractivity contribution in [3.05, 3.63) is 29.6 Å². The number of benzene rings is 1. The van der Waals surface area contributed by atoms with Gasteiger partial charge in [0.2, 0.25) is 0 Å². The Morgan fingerprint density at radius 3 is 2.26 bits per heavy atom. The molecule has 1 aromatic heterocycles. The van der Waals surface area contributed by atoms with E-state index in [1.807, 2.05) is 53.0 Å². The topological polar surface area (TPSA) is 82.5 Å². The van der Waals surface area contributed by atoms with E-state index in [2.05, 4.69) is 10.3 Å². The summed E-state index contributed by atoms with van der Waals surface area (Å²) in [6.07, 6.45) is -0.494. The van der Waals surface area contributed by atoms with Crippen LogP contribution in [0.15, 0.2) is 18.2 Å². The van der Waals surface area contributed by atoms with Crippen LogP contribution in [0.25, 0.3) is 11.0 Å². The van der Waals surface area contributed by atoms with Gasteiger partial charge in [0.05, 0.1) is 23.1 Å². The van der Waals surface area contributed by atoms with Gasteiger partial charge in [-0.05, 0) is 66.7 Å². The average molecular weight is 375 g/mol. The molecule has 1 aromatic carbocycles. The van der Waals surface area contributed by atoms with Gasteiger partial charge in [-0.15, -0.1) is 0 Å². The van der Waals surface area contributed by atoms with Crippen LogP contribution in [0.5, 0.6) is 0 Å². The maximum Gasteiger partial charge on any atom is 0.408 e. The van der Waals surface area contributed by atoms with E-state index in [0.717, 1.165) is 11.0 Å². The van der Waals surface area contributed by atoms with Gasteiger partial charge in [0.15, 0.2) is 0 Å². The highest BCUT2D eigenvalue weighted by atomic mass is 16.6. The summed E-state index contributed by atoms with van der Waals surface area (Å²) >= 11 is 0. The van der Waals surface area contributed by atoms with Crippen molar-refractivity contribution in [3.8, 4) is 0 Å². The highest BCUT2D eigenvalue weighted by molar-refractivity contribution is 5.94. The minimum absolute atomic E-state index is 0.235. The van der Waals surface area contributed by atoms with Crippen molar-refractivity contribution < 1.29 is 19.1 Å². The lowest BCUT2D eigenvalue weighted by molar-refractivity contribution is 0.00694. The number of carbonyl (C=O) groups excluding carboxylic acids is 2. The number of hydrogen-bond donors (Lipinski definition) is 1. The highest BCUT2D eigenvalue weighted by Gasteiger charge is 2.20. The van der Waals surface area contributed by atoms with Crippen LogP contribution < -0.4 is 5.32 Å². The first kappa shape index (κ1) is 20.7. The summed E-state index contributed by atoms with van der Waals surface area (Å²) in [6.45, 7) is 13.8. The molecule has 1 N–H and O–H groups in total. The third-order valence-electron chi connectivity index (χ3n) is 3.57. The van der Waals surface area contributed by atoms with Crippen molar-refractivity contribution >= 4 is 23.1 Å². The predicted molar refractivity (Wildman–Crippen MR) is 104 cm³/mol. The van der Waals surface area contributed by atoms with Crippen molar-refractivity contribution in [2.24, 2.45) is 0 Å². The molecule has 1 amide bonds. The van der Waals surface area contributed by atoms with Crippen LogP contribution in [0.2, 0.25) is 0 Å². The molecular weight excluding hydrogens is 346 g/mol. The molecule has 0 aliphatic rings. The second-order valence-electron chi connectivity index (χ2n) is 8.33. The lowest BCUT2D eigenvalue weighted by Gasteiger charge is -2.19. The summed E-state index contributed by atoms with van der Waals surface area (Å²) in [5.74, 6) is 0.321. The fourth-order valence-electron chi connectivity index (χ4n) is 2.59. The normalized spacial score (nSPS) is 12.1. The summed E-state index contributed by atoms with van der Waals surface area (Å²) in [5.41, 5.74) is 0.933. The van der Waals surface area contributed by atoms with Crippen molar-refractivity contribution in [2.45, 2.75) is 72.8 Å². The monoisotopic (exact) mass is 375 g/mol. The van der Waals surface area contributed by atoms with Crippen LogP contribution in [-0.4, -0.2) is 32.8 Å². The number of esters is 1. The minimum atomic E-state index is -0.558. The largest absolute Gasteiger partial charge is 0.456 e. The number of ether oxygens (including phenoxy) is 2. The zero-order valence-electron chi connectivity index (χ0n) is 17.2. The Hall–Kier alpha value is -2.57. The second kappa shape index (κ2) is 7.58. The molecule has 0 saturated carbocycles. The second-order valence-corrected chi connectivity index (χ2v) is 8.33. The fraction of sp³-hybridized carbons (Fsp3) is 0.550. The number of nitrogens with zero attached hydrogens (tertiary/aromatic N) is 2. The van der Waals surface area contributed by atoms with Gasteiger partial charge in [0, 0.05) is 6.54 Å². The van der Waals surface area contributed by atoms with Crippen molar-refractivity contribution in [3.63, 3.8) is 0 Å². The number of fused-ring (bicyclic) bond motifs is 1. The Balaban J connectivity index is 2.24. The number of amides is 1. The van der Waals surface area contributed by atoms with E-state index in [-0.39, 0.29) is 12.5 Å². The molecule has 0 aliphatic carbocycles. The number of aryl methyl sites for hydroxylation is 1. The van der Waals surface area contributed by atoms with Crippen LogP contribution in [0.4, 0.5) is 4.79 Å². The first-order chi connectivity index (χ1) is 12.4. The average Bonchev–Trinajstić information content (AvgIpc) is 2.86. The van der Waals surface area contributed by atoms with Gasteiger partial charge in [-0.3, -0.25) is 0 Å². The lowest BCUT2D eigenvalue weighted by atomic mass is 10.1. The molecule has 0 radical (unpaired) electrons. The van der Waals surface area contributed by atoms with Gasteiger partial charge in [0.25, 0.3) is 0 Å². The molecule has 0 spiro atoms. The number of nitrogens with one attached hydrogen (secondary N) is 1. The van der Waals surface area contributed by atoms with E-state index in [1.165, 1.54) is 0 Å². The quantitative estimate of drug-likeness (QED) is 0.816. The summed E-state index contributed by atoms with van der Waals surface area (Å²) in [6, 6.07) is 5.27. The third kappa shape index (κ3) is 5.70. The number of rotatable bonds is 4. The molecule has 2 rings (SSSR count). The summed E-state index contributed by atoms with van der Waals surface area (Å²) in [7, 11) is 0. The first-order valence-corrected chi connectivity index (χ1v) is 9.09. The molecule has 0 saturated heterocycles. The Kier molecular flexibility index (Phi) is 5.82. The minimum Gasteiger partial charge on any atom is -0.456 e. The van der Waals surface area contributed by atoms with Crippen LogP contribution in [0.1, 0.15) is 64.6 Å². The van der Waals surface area contributed by atoms with E-state index >= 15 is 0 Å². The first-order valence-electron chi connectivity index (χ1n) is 9.09. The van der Waals surface area contributed by atoms with E-state index < -0.39 is 17.3 Å². The molecule has 0 bridgehead atoms. The van der Waals surface area contributed by atoms with E-state index in [9.17, 15) is 9.59 Å². The Morgan fingerprint density at radius 2 is 1.70 bits per heavy atom.